The number of aromatic nitrogens is 2. The van der Waals surface area contributed by atoms with Gasteiger partial charge in [0.05, 0.1) is 27.4 Å². The molecule has 0 saturated heterocycles. The van der Waals surface area contributed by atoms with Crippen LogP contribution in [-0.4, -0.2) is 60.0 Å². The van der Waals surface area contributed by atoms with Gasteiger partial charge in [-0.2, -0.15) is 31.3 Å². The van der Waals surface area contributed by atoms with Crippen molar-refractivity contribution >= 4 is 17.5 Å². The van der Waals surface area contributed by atoms with E-state index in [9.17, 15) is 35.5 Å². The molecule has 0 aliphatic heterocycles. The third kappa shape index (κ3) is 7.79. The smallest absolute Gasteiger partial charge is 0.416 e. The van der Waals surface area contributed by atoms with E-state index in [-0.39, 0.29) is 40.5 Å². The third-order valence-electron chi connectivity index (χ3n) is 5.37. The van der Waals surface area contributed by atoms with Crippen LogP contribution in [0.25, 0.3) is 11.3 Å². The summed E-state index contributed by atoms with van der Waals surface area (Å²) >= 11 is 6.18. The number of carbonyl (C=O) groups is 1. The number of alkyl halides is 6. The van der Waals surface area contributed by atoms with Crippen LogP contribution in [0, 0.1) is 5.82 Å². The number of carbonyl (C=O) groups excluding carboxylic acids is 1. The van der Waals surface area contributed by atoms with Gasteiger partial charge < -0.3 is 14.5 Å². The van der Waals surface area contributed by atoms with Gasteiger partial charge in [-0.3, -0.25) is 4.79 Å². The Labute approximate surface area is 224 Å². The molecule has 0 aliphatic carbocycles. The summed E-state index contributed by atoms with van der Waals surface area (Å²) in [7, 11) is 4.81. The number of hydrogen-bond acceptors (Lipinski definition) is 5. The van der Waals surface area contributed by atoms with Gasteiger partial charge in [0.2, 0.25) is 0 Å². The molecule has 0 radical (unpaired) electrons. The van der Waals surface area contributed by atoms with Gasteiger partial charge in [-0.25, -0.2) is 9.37 Å². The van der Waals surface area contributed by atoms with Crippen molar-refractivity contribution in [3.63, 3.8) is 0 Å². The fraction of sp³-hybridized carbons (Fsp3) is 0.320. The Bertz CT molecular complexity index is 1310. The lowest BCUT2D eigenvalue weighted by Gasteiger charge is -2.21. The Kier molecular flexibility index (Phi) is 9.06. The predicted octanol–water partition coefficient (Wildman–Crippen LogP) is 6.19. The molecule has 1 aromatic heterocycles. The largest absolute Gasteiger partial charge is 0.462 e. The average Bonchev–Trinajstić information content (AvgIpc) is 2.82. The molecular formula is C25H22ClF7N4O2. The number of likely N-dealkylation sites (N-methyl/N-ethyl adjacent to an activating group) is 1. The second-order valence-electron chi connectivity index (χ2n) is 8.77. The molecule has 2 aromatic carbocycles. The highest BCUT2D eigenvalue weighted by atomic mass is 35.5. The molecule has 0 saturated carbocycles. The zero-order chi connectivity index (χ0) is 29.1. The van der Waals surface area contributed by atoms with E-state index in [2.05, 4.69) is 9.97 Å². The monoisotopic (exact) mass is 578 g/mol. The number of benzene rings is 2. The van der Waals surface area contributed by atoms with Crippen molar-refractivity contribution in [2.24, 2.45) is 0 Å². The van der Waals surface area contributed by atoms with Crippen molar-refractivity contribution in [2.45, 2.75) is 18.9 Å². The fourth-order valence-electron chi connectivity index (χ4n) is 3.46. The van der Waals surface area contributed by atoms with Gasteiger partial charge in [-0.15, -0.1) is 0 Å². The first-order chi connectivity index (χ1) is 18.1. The zero-order valence-corrected chi connectivity index (χ0v) is 21.5. The van der Waals surface area contributed by atoms with E-state index in [1.807, 2.05) is 19.0 Å². The van der Waals surface area contributed by atoms with E-state index in [1.165, 1.54) is 13.1 Å². The van der Waals surface area contributed by atoms with Gasteiger partial charge in [-0.1, -0.05) is 11.6 Å². The number of halogens is 8. The summed E-state index contributed by atoms with van der Waals surface area (Å²) in [5, 5.41) is -0.0997. The number of hydrogen-bond donors (Lipinski definition) is 0. The van der Waals surface area contributed by atoms with Crippen molar-refractivity contribution in [1.29, 1.82) is 0 Å². The van der Waals surface area contributed by atoms with Crippen LogP contribution in [-0.2, 0) is 18.9 Å². The highest BCUT2D eigenvalue weighted by Gasteiger charge is 2.37. The fourth-order valence-corrected chi connectivity index (χ4v) is 3.72. The first-order valence-electron chi connectivity index (χ1n) is 11.2. The van der Waals surface area contributed by atoms with E-state index in [4.69, 9.17) is 16.3 Å². The molecule has 14 heteroatoms. The SMILES string of the molecule is CN(C)CCOc1ncc(C(=O)N(C)Cc2cc(C(F)(F)F)cc(C(F)(F)F)c2)c(-c2ccc(F)cc2Cl)n1. The second-order valence-corrected chi connectivity index (χ2v) is 9.17. The van der Waals surface area contributed by atoms with Crippen molar-refractivity contribution < 1.29 is 40.3 Å². The average molecular weight is 579 g/mol. The Hall–Kier alpha value is -3.45. The summed E-state index contributed by atoms with van der Waals surface area (Å²) in [5.74, 6) is -1.49. The van der Waals surface area contributed by atoms with Gasteiger partial charge in [0.25, 0.3) is 5.91 Å². The van der Waals surface area contributed by atoms with Gasteiger partial charge in [0.1, 0.15) is 12.4 Å². The van der Waals surface area contributed by atoms with Crippen LogP contribution in [0.1, 0.15) is 27.0 Å². The zero-order valence-electron chi connectivity index (χ0n) is 20.8. The number of ether oxygens (including phenoxy) is 1. The summed E-state index contributed by atoms with van der Waals surface area (Å²) in [6.45, 7) is 0.0910. The van der Waals surface area contributed by atoms with E-state index >= 15 is 0 Å². The molecule has 0 bridgehead atoms. The Balaban J connectivity index is 2.00. The maximum atomic E-state index is 13.7. The summed E-state index contributed by atoms with van der Waals surface area (Å²) in [6.07, 6.45) is -8.98. The molecule has 39 heavy (non-hydrogen) atoms. The predicted molar refractivity (Wildman–Crippen MR) is 129 cm³/mol. The van der Waals surface area contributed by atoms with Crippen LogP contribution in [0.2, 0.25) is 5.02 Å². The maximum Gasteiger partial charge on any atom is 0.416 e. The van der Waals surface area contributed by atoms with Gasteiger partial charge in [0, 0.05) is 31.9 Å². The quantitative estimate of drug-likeness (QED) is 0.299. The third-order valence-corrected chi connectivity index (χ3v) is 5.68. The molecular weight excluding hydrogens is 557 g/mol. The molecule has 0 fully saturated rings. The standard InChI is InChI=1S/C25H22ClF7N4O2/c1-36(2)6-7-39-23-34-12-19(21(35-23)18-5-4-17(27)11-20(18)26)22(38)37(3)13-14-8-15(24(28,29)30)10-16(9-14)25(31,32)33/h4-5,8-12H,6-7,13H2,1-3H3. The van der Waals surface area contributed by atoms with Gasteiger partial charge >= 0.3 is 18.4 Å². The lowest BCUT2D eigenvalue weighted by Crippen LogP contribution is -2.28. The molecule has 0 N–H and O–H groups in total. The molecule has 1 amide bonds. The maximum absolute atomic E-state index is 13.7. The van der Waals surface area contributed by atoms with Crippen LogP contribution in [0.15, 0.2) is 42.6 Å². The van der Waals surface area contributed by atoms with Crippen LogP contribution >= 0.6 is 11.6 Å². The minimum Gasteiger partial charge on any atom is -0.462 e. The van der Waals surface area contributed by atoms with Crippen LogP contribution in [0.4, 0.5) is 30.7 Å². The molecule has 210 valence electrons. The van der Waals surface area contributed by atoms with Crippen molar-refractivity contribution in [1.82, 2.24) is 19.8 Å². The molecule has 1 heterocycles. The topological polar surface area (TPSA) is 58.6 Å². The molecule has 0 spiro atoms. The van der Waals surface area contributed by atoms with E-state index < -0.39 is 47.3 Å². The second kappa shape index (κ2) is 11.7. The van der Waals surface area contributed by atoms with Gasteiger partial charge in [-0.05, 0) is 56.1 Å². The first kappa shape index (κ1) is 30.1. The Morgan fingerprint density at radius 3 is 2.13 bits per heavy atom. The minimum absolute atomic E-state index is 0.00280. The lowest BCUT2D eigenvalue weighted by molar-refractivity contribution is -0.143. The summed E-state index contributed by atoms with van der Waals surface area (Å²) in [5.41, 5.74) is -3.53. The summed E-state index contributed by atoms with van der Waals surface area (Å²) < 4.78 is 98.7. The van der Waals surface area contributed by atoms with E-state index in [1.54, 1.807) is 0 Å². The normalized spacial score (nSPS) is 12.1. The molecule has 6 nitrogen and oxygen atoms in total. The van der Waals surface area contributed by atoms with Crippen molar-refractivity contribution in [2.75, 3.05) is 34.3 Å². The number of nitrogens with zero attached hydrogens (tertiary/aromatic N) is 4. The molecule has 3 aromatic rings. The summed E-state index contributed by atoms with van der Waals surface area (Å²) in [6, 6.07) is 4.29. The van der Waals surface area contributed by atoms with Gasteiger partial charge in [0.15, 0.2) is 0 Å². The van der Waals surface area contributed by atoms with Crippen molar-refractivity contribution in [3.05, 3.63) is 75.7 Å². The Morgan fingerprint density at radius 1 is 0.974 bits per heavy atom. The number of amides is 1. The molecule has 0 aliphatic rings. The highest BCUT2D eigenvalue weighted by Crippen LogP contribution is 2.37. The van der Waals surface area contributed by atoms with E-state index in [0.29, 0.717) is 18.7 Å². The number of rotatable bonds is 8. The summed E-state index contributed by atoms with van der Waals surface area (Å²) in [4.78, 5) is 24.3. The van der Waals surface area contributed by atoms with Crippen LogP contribution in [0.3, 0.4) is 0 Å². The molecule has 3 rings (SSSR count). The highest BCUT2D eigenvalue weighted by molar-refractivity contribution is 6.33. The molecule has 0 atom stereocenters. The first-order valence-corrected chi connectivity index (χ1v) is 11.6. The Morgan fingerprint density at radius 2 is 1.59 bits per heavy atom. The van der Waals surface area contributed by atoms with Crippen molar-refractivity contribution in [3.8, 4) is 17.3 Å². The van der Waals surface area contributed by atoms with E-state index in [0.717, 1.165) is 23.2 Å². The minimum atomic E-state index is -5.04. The van der Waals surface area contributed by atoms with Crippen LogP contribution in [0.5, 0.6) is 6.01 Å². The lowest BCUT2D eigenvalue weighted by atomic mass is 10.0. The molecule has 0 unspecified atom stereocenters. The van der Waals surface area contributed by atoms with Crippen LogP contribution < -0.4 is 4.74 Å².